The number of carbonyl (C=O) groups is 1. The molecule has 1 fully saturated rings. The molecule has 0 unspecified atom stereocenters. The Morgan fingerprint density at radius 3 is 2.75 bits per heavy atom. The minimum Gasteiger partial charge on any atom is -0.368 e. The molecular formula is C7H11F2NO2. The zero-order valence-electron chi connectivity index (χ0n) is 6.85. The fourth-order valence-corrected chi connectivity index (χ4v) is 1.19. The number of piperidine rings is 1. The van der Waals surface area contributed by atoms with Gasteiger partial charge in [0.05, 0.1) is 6.54 Å². The lowest BCUT2D eigenvalue weighted by Crippen LogP contribution is -2.43. The van der Waals surface area contributed by atoms with Crippen LogP contribution in [0.4, 0.5) is 8.78 Å². The van der Waals surface area contributed by atoms with Crippen LogP contribution < -0.4 is 0 Å². The molecule has 70 valence electrons. The third-order valence-electron chi connectivity index (χ3n) is 1.62. The Kier molecular flexibility index (Phi) is 2.62. The molecule has 1 aliphatic rings. The lowest BCUT2D eigenvalue weighted by Gasteiger charge is -2.30. The average Bonchev–Trinajstić information content (AvgIpc) is 1.82. The molecule has 5 heteroatoms. The third-order valence-corrected chi connectivity index (χ3v) is 1.62. The van der Waals surface area contributed by atoms with Crippen molar-refractivity contribution < 1.29 is 18.4 Å². The van der Waals surface area contributed by atoms with Crippen molar-refractivity contribution >= 4 is 5.97 Å². The van der Waals surface area contributed by atoms with E-state index in [1.54, 1.807) is 0 Å². The predicted octanol–water partition coefficient (Wildman–Crippen LogP) is 1.20. The summed E-state index contributed by atoms with van der Waals surface area (Å²) in [4.78, 5) is 15.0. The summed E-state index contributed by atoms with van der Waals surface area (Å²) >= 11 is 0. The van der Waals surface area contributed by atoms with Gasteiger partial charge < -0.3 is 4.84 Å². The highest BCUT2D eigenvalue weighted by molar-refractivity contribution is 5.65. The van der Waals surface area contributed by atoms with E-state index >= 15 is 0 Å². The smallest absolute Gasteiger partial charge is 0.322 e. The molecule has 0 aromatic heterocycles. The zero-order valence-corrected chi connectivity index (χ0v) is 6.85. The third kappa shape index (κ3) is 2.73. The van der Waals surface area contributed by atoms with Crippen LogP contribution in [0.15, 0.2) is 0 Å². The number of carbonyl (C=O) groups excluding carboxylic acids is 1. The number of hydrogen-bond donors (Lipinski definition) is 0. The number of hydrogen-bond acceptors (Lipinski definition) is 3. The molecule has 3 nitrogen and oxygen atoms in total. The fraction of sp³-hybridized carbons (Fsp3) is 0.857. The van der Waals surface area contributed by atoms with Crippen LogP contribution in [-0.2, 0) is 9.63 Å². The van der Waals surface area contributed by atoms with E-state index in [0.29, 0.717) is 13.0 Å². The maximum atomic E-state index is 12.7. The van der Waals surface area contributed by atoms with Gasteiger partial charge >= 0.3 is 5.97 Å². The summed E-state index contributed by atoms with van der Waals surface area (Å²) in [5, 5.41) is 1.02. The lowest BCUT2D eigenvalue weighted by atomic mass is 10.1. The van der Waals surface area contributed by atoms with E-state index in [0.717, 1.165) is 5.06 Å². The van der Waals surface area contributed by atoms with E-state index in [4.69, 9.17) is 0 Å². The topological polar surface area (TPSA) is 29.5 Å². The molecule has 0 amide bonds. The summed E-state index contributed by atoms with van der Waals surface area (Å²) in [6, 6.07) is 0. The van der Waals surface area contributed by atoms with Crippen LogP contribution >= 0.6 is 0 Å². The van der Waals surface area contributed by atoms with Gasteiger partial charge in [-0.05, 0) is 6.42 Å². The first kappa shape index (κ1) is 9.38. The first-order valence-corrected chi connectivity index (χ1v) is 3.81. The van der Waals surface area contributed by atoms with Crippen molar-refractivity contribution in [3.05, 3.63) is 0 Å². The van der Waals surface area contributed by atoms with Gasteiger partial charge in [0.1, 0.15) is 0 Å². The van der Waals surface area contributed by atoms with Gasteiger partial charge in [0.2, 0.25) is 0 Å². The second kappa shape index (κ2) is 3.35. The van der Waals surface area contributed by atoms with E-state index in [1.807, 2.05) is 0 Å². The highest BCUT2D eigenvalue weighted by atomic mass is 19.3. The molecule has 1 saturated heterocycles. The Bertz CT molecular complexity index is 184. The number of nitrogens with zero attached hydrogens (tertiary/aromatic N) is 1. The van der Waals surface area contributed by atoms with Crippen molar-refractivity contribution in [2.45, 2.75) is 25.7 Å². The molecule has 1 aliphatic heterocycles. The molecular weight excluding hydrogens is 168 g/mol. The van der Waals surface area contributed by atoms with Crippen molar-refractivity contribution in [3.8, 4) is 0 Å². The summed E-state index contributed by atoms with van der Waals surface area (Å²) in [5.41, 5.74) is 0. The van der Waals surface area contributed by atoms with E-state index in [9.17, 15) is 13.6 Å². The molecule has 0 saturated carbocycles. The minimum absolute atomic E-state index is 0.120. The number of rotatable bonds is 1. The largest absolute Gasteiger partial charge is 0.368 e. The Hall–Kier alpha value is -0.710. The number of alkyl halides is 2. The molecule has 0 bridgehead atoms. The molecule has 1 heterocycles. The first-order valence-electron chi connectivity index (χ1n) is 3.81. The second-order valence-corrected chi connectivity index (χ2v) is 2.91. The van der Waals surface area contributed by atoms with Crippen LogP contribution in [0, 0.1) is 0 Å². The van der Waals surface area contributed by atoms with Crippen LogP contribution in [0.2, 0.25) is 0 Å². The monoisotopic (exact) mass is 179 g/mol. The molecule has 1 rings (SSSR count). The summed E-state index contributed by atoms with van der Waals surface area (Å²) in [6.45, 7) is 1.12. The van der Waals surface area contributed by atoms with Crippen LogP contribution in [0.25, 0.3) is 0 Å². The Balaban J connectivity index is 2.41. The average molecular weight is 179 g/mol. The van der Waals surface area contributed by atoms with E-state index < -0.39 is 18.4 Å². The van der Waals surface area contributed by atoms with E-state index in [2.05, 4.69) is 4.84 Å². The van der Waals surface area contributed by atoms with Gasteiger partial charge in [-0.2, -0.15) is 0 Å². The first-order chi connectivity index (χ1) is 5.49. The maximum absolute atomic E-state index is 12.7. The maximum Gasteiger partial charge on any atom is 0.322 e. The van der Waals surface area contributed by atoms with Crippen molar-refractivity contribution in [1.82, 2.24) is 5.06 Å². The molecule has 0 atom stereocenters. The standard InChI is InChI=1S/C7H11F2NO2/c1-6(11)12-10-4-2-3-7(8,9)5-10/h2-5H2,1H3. The lowest BCUT2D eigenvalue weighted by molar-refractivity contribution is -0.217. The normalized spacial score (nSPS) is 23.6. The van der Waals surface area contributed by atoms with Crippen molar-refractivity contribution in [1.29, 1.82) is 0 Å². The van der Waals surface area contributed by atoms with Crippen molar-refractivity contribution in [2.75, 3.05) is 13.1 Å². The highest BCUT2D eigenvalue weighted by Crippen LogP contribution is 2.26. The number of halogens is 2. The quantitative estimate of drug-likeness (QED) is 0.605. The minimum atomic E-state index is -2.71. The van der Waals surface area contributed by atoms with Crippen LogP contribution in [0.5, 0.6) is 0 Å². The molecule has 0 N–H and O–H groups in total. The van der Waals surface area contributed by atoms with Crippen LogP contribution in [-0.4, -0.2) is 30.0 Å². The summed E-state index contributed by atoms with van der Waals surface area (Å²) in [7, 11) is 0. The van der Waals surface area contributed by atoms with Gasteiger partial charge in [-0.3, -0.25) is 4.79 Å². The Morgan fingerprint density at radius 2 is 2.25 bits per heavy atom. The Labute approximate surface area is 69.2 Å². The van der Waals surface area contributed by atoms with Crippen LogP contribution in [0.3, 0.4) is 0 Å². The molecule has 0 aliphatic carbocycles. The van der Waals surface area contributed by atoms with Gasteiger partial charge in [0, 0.05) is 19.9 Å². The molecule has 0 spiro atoms. The van der Waals surface area contributed by atoms with Gasteiger partial charge in [-0.25, -0.2) is 8.78 Å². The summed E-state index contributed by atoms with van der Waals surface area (Å²) < 4.78 is 25.3. The van der Waals surface area contributed by atoms with Crippen LogP contribution in [0.1, 0.15) is 19.8 Å². The summed E-state index contributed by atoms with van der Waals surface area (Å²) in [6.07, 6.45) is 0.241. The molecule has 0 radical (unpaired) electrons. The van der Waals surface area contributed by atoms with Gasteiger partial charge in [-0.15, -0.1) is 5.06 Å². The highest BCUT2D eigenvalue weighted by Gasteiger charge is 2.36. The van der Waals surface area contributed by atoms with E-state index in [-0.39, 0.29) is 6.42 Å². The second-order valence-electron chi connectivity index (χ2n) is 2.91. The molecule has 12 heavy (non-hydrogen) atoms. The SMILES string of the molecule is CC(=O)ON1CCCC(F)(F)C1. The van der Waals surface area contributed by atoms with Gasteiger partial charge in [-0.1, -0.05) is 0 Å². The number of hydroxylamine groups is 2. The molecule has 0 aromatic rings. The Morgan fingerprint density at radius 1 is 1.58 bits per heavy atom. The zero-order chi connectivity index (χ0) is 9.19. The summed E-state index contributed by atoms with van der Waals surface area (Å²) in [5.74, 6) is -3.26. The van der Waals surface area contributed by atoms with Gasteiger partial charge in [0.15, 0.2) is 0 Å². The van der Waals surface area contributed by atoms with Crippen molar-refractivity contribution in [2.24, 2.45) is 0 Å². The van der Waals surface area contributed by atoms with E-state index in [1.165, 1.54) is 6.92 Å². The van der Waals surface area contributed by atoms with Crippen molar-refractivity contribution in [3.63, 3.8) is 0 Å². The molecule has 0 aromatic carbocycles. The fourth-order valence-electron chi connectivity index (χ4n) is 1.19. The van der Waals surface area contributed by atoms with Gasteiger partial charge in [0.25, 0.3) is 5.92 Å². The predicted molar refractivity (Wildman–Crippen MR) is 37.5 cm³/mol.